The molecule has 1 aliphatic rings. The number of hydrogen-bond donors (Lipinski definition) is 0. The van der Waals surface area contributed by atoms with E-state index in [9.17, 15) is 14.3 Å². The quantitative estimate of drug-likeness (QED) is 0.538. The van der Waals surface area contributed by atoms with Crippen LogP contribution in [0, 0.1) is 10.1 Å². The van der Waals surface area contributed by atoms with Crippen LogP contribution < -0.4 is 0 Å². The maximum atomic E-state index is 10.6. The van der Waals surface area contributed by atoms with Crippen molar-refractivity contribution < 1.29 is 9.13 Å². The summed E-state index contributed by atoms with van der Waals surface area (Å²) in [5, 5.41) is 10.5. The number of nitrogens with zero attached hydrogens (tertiary/aromatic N) is 2. The Hall–Kier alpha value is -1.34. The van der Waals surface area contributed by atoms with Gasteiger partial charge in [-0.2, -0.15) is 0 Å². The summed E-state index contributed by atoms with van der Waals surface area (Å²) in [6.45, 7) is 0. The lowest BCUT2D eigenvalue weighted by Crippen LogP contribution is -1.90. The highest BCUT2D eigenvalue weighted by Crippen LogP contribution is 2.30. The van der Waals surface area contributed by atoms with Gasteiger partial charge < -0.3 is 0 Å². The fourth-order valence-electron chi connectivity index (χ4n) is 1.10. The zero-order chi connectivity index (χ0) is 10.1. The van der Waals surface area contributed by atoms with E-state index in [0.29, 0.717) is 20.8 Å². The summed E-state index contributed by atoms with van der Waals surface area (Å²) < 4.78 is 10.6. The first-order valence-electron chi connectivity index (χ1n) is 3.58. The number of aliphatic imine (C=N–C) groups is 1. The number of hydrogen-bond acceptors (Lipinski definition) is 4. The lowest BCUT2D eigenvalue weighted by molar-refractivity contribution is -0.385. The number of nitro benzene ring substituents is 1. The number of benzene rings is 1. The minimum Gasteiger partial charge on any atom is -0.258 e. The largest absolute Gasteiger partial charge is 0.270 e. The van der Waals surface area contributed by atoms with Gasteiger partial charge in [0.25, 0.3) is 5.69 Å². The summed E-state index contributed by atoms with van der Waals surface area (Å²) >= 11 is 0. The lowest BCUT2D eigenvalue weighted by Gasteiger charge is -1.96. The number of nitro groups is 1. The highest BCUT2D eigenvalue weighted by molar-refractivity contribution is 8.38. The molecule has 0 spiro atoms. The van der Waals surface area contributed by atoms with Crippen LogP contribution in [0.5, 0.6) is 0 Å². The van der Waals surface area contributed by atoms with Crippen molar-refractivity contribution in [3.8, 4) is 0 Å². The molecule has 0 aromatic heterocycles. The summed E-state index contributed by atoms with van der Waals surface area (Å²) in [6, 6.07) is 4.36. The van der Waals surface area contributed by atoms with Crippen LogP contribution in [0.2, 0.25) is 0 Å². The van der Waals surface area contributed by atoms with Gasteiger partial charge in [0.1, 0.15) is 10.2 Å². The highest BCUT2D eigenvalue weighted by Gasteiger charge is 2.16. The lowest BCUT2D eigenvalue weighted by atomic mass is 10.3. The molecule has 2 rings (SSSR count). The molecule has 1 aromatic carbocycles. The van der Waals surface area contributed by atoms with Crippen molar-refractivity contribution in [2.45, 2.75) is 4.90 Å². The SMILES string of the molecule is O=S=S1C=Nc2ccc([N+](=O)[O-])cc21. The molecule has 0 N–H and O–H groups in total. The summed E-state index contributed by atoms with van der Waals surface area (Å²) in [4.78, 5) is 14.7. The Bertz CT molecular complexity index is 506. The molecule has 1 heterocycles. The van der Waals surface area contributed by atoms with Gasteiger partial charge in [-0.15, -0.1) is 0 Å². The molecule has 1 aromatic rings. The van der Waals surface area contributed by atoms with Crippen LogP contribution in [0.4, 0.5) is 11.4 Å². The molecule has 1 atom stereocenters. The normalized spacial score (nSPS) is 17.9. The smallest absolute Gasteiger partial charge is 0.258 e. The van der Waals surface area contributed by atoms with Gasteiger partial charge in [-0.05, 0) is 15.5 Å². The molecule has 5 nitrogen and oxygen atoms in total. The zero-order valence-electron chi connectivity index (χ0n) is 6.75. The van der Waals surface area contributed by atoms with E-state index in [1.807, 2.05) is 0 Å². The second kappa shape index (κ2) is 3.43. The van der Waals surface area contributed by atoms with Gasteiger partial charge >= 0.3 is 0 Å². The van der Waals surface area contributed by atoms with E-state index < -0.39 is 14.4 Å². The summed E-state index contributed by atoms with van der Waals surface area (Å²) in [5.74, 6) is 0. The molecule has 0 fully saturated rings. The van der Waals surface area contributed by atoms with Gasteiger partial charge in [0.15, 0.2) is 0 Å². The van der Waals surface area contributed by atoms with Crippen molar-refractivity contribution >= 4 is 36.6 Å². The zero-order valence-corrected chi connectivity index (χ0v) is 8.38. The minimum absolute atomic E-state index is 0.000741. The molecule has 1 aliphatic heterocycles. The third-order valence-corrected chi connectivity index (χ3v) is 4.17. The first-order chi connectivity index (χ1) is 6.72. The van der Waals surface area contributed by atoms with E-state index in [0.717, 1.165) is 0 Å². The molecule has 0 amide bonds. The number of fused-ring (bicyclic) bond motifs is 1. The number of non-ortho nitro benzene ring substituents is 1. The maximum Gasteiger partial charge on any atom is 0.270 e. The molecule has 0 radical (unpaired) electrons. The standard InChI is InChI=1S/C7H4N2O3S2/c10-9(11)5-1-2-6-7(3-5)14(13-12)4-8-6/h1-4H. The Labute approximate surface area is 84.3 Å². The van der Waals surface area contributed by atoms with Crippen LogP contribution in [0.3, 0.4) is 0 Å². The van der Waals surface area contributed by atoms with Gasteiger partial charge in [0, 0.05) is 12.1 Å². The Morgan fingerprint density at radius 2 is 2.29 bits per heavy atom. The van der Waals surface area contributed by atoms with Crippen LogP contribution >= 0.6 is 0 Å². The minimum atomic E-state index is -0.671. The predicted molar refractivity (Wildman–Crippen MR) is 55.0 cm³/mol. The molecule has 0 saturated carbocycles. The van der Waals surface area contributed by atoms with Gasteiger partial charge in [0.05, 0.1) is 21.1 Å². The molecule has 14 heavy (non-hydrogen) atoms. The van der Waals surface area contributed by atoms with Crippen molar-refractivity contribution in [1.29, 1.82) is 0 Å². The summed E-state index contributed by atoms with van der Waals surface area (Å²) in [5.41, 5.74) is 2.19. The van der Waals surface area contributed by atoms with Crippen molar-refractivity contribution in [3.05, 3.63) is 28.3 Å². The van der Waals surface area contributed by atoms with Crippen molar-refractivity contribution in [2.75, 3.05) is 0 Å². The third-order valence-electron chi connectivity index (χ3n) is 1.73. The monoisotopic (exact) mass is 228 g/mol. The Balaban J connectivity index is 2.62. The van der Waals surface area contributed by atoms with Gasteiger partial charge in [0.2, 0.25) is 0 Å². The molecule has 0 saturated heterocycles. The van der Waals surface area contributed by atoms with Crippen molar-refractivity contribution in [1.82, 2.24) is 0 Å². The first-order valence-corrected chi connectivity index (χ1v) is 6.13. The van der Waals surface area contributed by atoms with Crippen LogP contribution in [0.1, 0.15) is 0 Å². The molecule has 7 heteroatoms. The first kappa shape index (κ1) is 9.22. The maximum absolute atomic E-state index is 10.6. The van der Waals surface area contributed by atoms with Crippen LogP contribution in [0.15, 0.2) is 28.1 Å². The molecular weight excluding hydrogens is 224 g/mol. The van der Waals surface area contributed by atoms with Gasteiger partial charge in [-0.25, -0.2) is 9.20 Å². The molecule has 1 unspecified atom stereocenters. The Morgan fingerprint density at radius 3 is 2.93 bits per heavy atom. The predicted octanol–water partition coefficient (Wildman–Crippen LogP) is 1.37. The highest BCUT2D eigenvalue weighted by atomic mass is 32.8. The third kappa shape index (κ3) is 1.40. The average Bonchev–Trinajstić information content (AvgIpc) is 2.59. The van der Waals surface area contributed by atoms with E-state index in [-0.39, 0.29) is 5.69 Å². The van der Waals surface area contributed by atoms with E-state index in [4.69, 9.17) is 0 Å². The van der Waals surface area contributed by atoms with E-state index in [1.165, 1.54) is 17.7 Å². The molecule has 0 bridgehead atoms. The summed E-state index contributed by atoms with van der Waals surface area (Å²) in [6.07, 6.45) is 0. The van der Waals surface area contributed by atoms with E-state index in [2.05, 4.69) is 4.99 Å². The fraction of sp³-hybridized carbons (Fsp3) is 0. The Morgan fingerprint density at radius 1 is 1.50 bits per heavy atom. The Kier molecular flexibility index (Phi) is 2.26. The van der Waals surface area contributed by atoms with E-state index in [1.54, 1.807) is 6.07 Å². The van der Waals surface area contributed by atoms with Crippen molar-refractivity contribution in [3.63, 3.8) is 0 Å². The topological polar surface area (TPSA) is 72.6 Å². The van der Waals surface area contributed by atoms with Crippen LogP contribution in [-0.2, 0) is 19.7 Å². The second-order valence-electron chi connectivity index (χ2n) is 2.51. The fourth-order valence-corrected chi connectivity index (χ4v) is 2.95. The number of rotatable bonds is 1. The summed E-state index contributed by atoms with van der Waals surface area (Å²) in [7, 11) is -0.270. The average molecular weight is 228 g/mol. The van der Waals surface area contributed by atoms with Gasteiger partial charge in [-0.1, -0.05) is 0 Å². The van der Waals surface area contributed by atoms with Crippen molar-refractivity contribution in [2.24, 2.45) is 4.99 Å². The van der Waals surface area contributed by atoms with Gasteiger partial charge in [-0.3, -0.25) is 10.1 Å². The molecule has 72 valence electrons. The van der Waals surface area contributed by atoms with Crippen LogP contribution in [-0.4, -0.2) is 14.7 Å². The molecular formula is C7H4N2O3S2. The second-order valence-corrected chi connectivity index (χ2v) is 5.38. The van der Waals surface area contributed by atoms with Crippen LogP contribution in [0.25, 0.3) is 0 Å². The van der Waals surface area contributed by atoms with E-state index >= 15 is 0 Å². The molecule has 0 aliphatic carbocycles.